The van der Waals surface area contributed by atoms with E-state index in [1.165, 1.54) is 0 Å². The van der Waals surface area contributed by atoms with Gasteiger partial charge >= 0.3 is 0 Å². The normalized spacial score (nSPS) is 11.5. The van der Waals surface area contributed by atoms with Gasteiger partial charge in [0.25, 0.3) is 0 Å². The summed E-state index contributed by atoms with van der Waals surface area (Å²) in [5.41, 5.74) is 0. The highest BCUT2D eigenvalue weighted by Gasteiger charge is 2.22. The van der Waals surface area contributed by atoms with Crippen molar-refractivity contribution in [2.24, 2.45) is 4.99 Å². The van der Waals surface area contributed by atoms with Crippen LogP contribution in [0.1, 0.15) is 20.3 Å². The second-order valence-electron chi connectivity index (χ2n) is 4.00. The molecular weight excluding hydrogens is 182 g/mol. The maximum absolute atomic E-state index is 9.80. The molecule has 0 aliphatic carbocycles. The lowest BCUT2D eigenvalue weighted by Crippen LogP contribution is -2.33. The van der Waals surface area contributed by atoms with Crippen LogP contribution in [0.15, 0.2) is 4.99 Å². The highest BCUT2D eigenvalue weighted by Crippen LogP contribution is 2.15. The molecule has 13 heavy (non-hydrogen) atoms. The fourth-order valence-corrected chi connectivity index (χ4v) is 3.73. The van der Waals surface area contributed by atoms with Crippen LogP contribution >= 0.6 is 0 Å². The average Bonchev–Trinajstić information content (AvgIpc) is 1.95. The molecule has 0 saturated carbocycles. The third-order valence-electron chi connectivity index (χ3n) is 1.67. The first-order valence-electron chi connectivity index (χ1n) is 4.69. The summed E-state index contributed by atoms with van der Waals surface area (Å²) in [7, 11) is -1.51. The number of hydrogen-bond acceptors (Lipinski definition) is 3. The summed E-state index contributed by atoms with van der Waals surface area (Å²) in [6, 6.07) is 1.05. The molecule has 0 heterocycles. The minimum Gasteiger partial charge on any atom is -0.415 e. The van der Waals surface area contributed by atoms with E-state index in [9.17, 15) is 4.79 Å². The summed E-state index contributed by atoms with van der Waals surface area (Å²) in [6.45, 7) is 9.08. The van der Waals surface area contributed by atoms with Crippen LogP contribution in [-0.4, -0.2) is 27.0 Å². The lowest BCUT2D eigenvalue weighted by Gasteiger charge is -2.25. The van der Waals surface area contributed by atoms with Gasteiger partial charge in [-0.15, -0.1) is 0 Å². The molecule has 0 radical (unpaired) electrons. The number of rotatable bonds is 6. The molecule has 0 aliphatic heterocycles. The van der Waals surface area contributed by atoms with Crippen molar-refractivity contribution in [3.05, 3.63) is 0 Å². The minimum atomic E-state index is -1.51. The Kier molecular flexibility index (Phi) is 5.87. The SMILES string of the molecule is CC(C)O[Si](C)(C)CCCN=C=O. The predicted molar refractivity (Wildman–Crippen MR) is 56.1 cm³/mol. The van der Waals surface area contributed by atoms with E-state index in [1.54, 1.807) is 6.08 Å². The molecule has 0 saturated heterocycles. The van der Waals surface area contributed by atoms with E-state index < -0.39 is 8.32 Å². The Morgan fingerprint density at radius 1 is 1.46 bits per heavy atom. The summed E-state index contributed by atoms with van der Waals surface area (Å²) >= 11 is 0. The van der Waals surface area contributed by atoms with Gasteiger partial charge in [0.05, 0.1) is 6.54 Å². The highest BCUT2D eigenvalue weighted by molar-refractivity contribution is 6.71. The molecule has 0 atom stereocenters. The highest BCUT2D eigenvalue weighted by atomic mass is 28.4. The first kappa shape index (κ1) is 12.6. The average molecular weight is 201 g/mol. The summed E-state index contributed by atoms with van der Waals surface area (Å²) < 4.78 is 5.82. The van der Waals surface area contributed by atoms with Gasteiger partial charge < -0.3 is 4.43 Å². The van der Waals surface area contributed by atoms with Gasteiger partial charge in [0.1, 0.15) is 0 Å². The van der Waals surface area contributed by atoms with Crippen LogP contribution in [0.2, 0.25) is 19.1 Å². The summed E-state index contributed by atoms with van der Waals surface area (Å²) in [6.07, 6.45) is 2.78. The van der Waals surface area contributed by atoms with Gasteiger partial charge in [0, 0.05) is 6.10 Å². The van der Waals surface area contributed by atoms with Gasteiger partial charge in [-0.1, -0.05) is 0 Å². The number of hydrogen-bond donors (Lipinski definition) is 0. The molecule has 0 aromatic heterocycles. The van der Waals surface area contributed by atoms with Crippen molar-refractivity contribution in [2.45, 2.75) is 45.5 Å². The topological polar surface area (TPSA) is 38.7 Å². The molecule has 0 fully saturated rings. The Morgan fingerprint density at radius 2 is 2.08 bits per heavy atom. The van der Waals surface area contributed by atoms with Crippen molar-refractivity contribution in [1.29, 1.82) is 0 Å². The number of nitrogens with zero attached hydrogens (tertiary/aromatic N) is 1. The minimum absolute atomic E-state index is 0.302. The third kappa shape index (κ3) is 7.90. The van der Waals surface area contributed by atoms with Gasteiger partial charge in [-0.05, 0) is 39.4 Å². The Morgan fingerprint density at radius 3 is 2.54 bits per heavy atom. The monoisotopic (exact) mass is 201 g/mol. The van der Waals surface area contributed by atoms with Crippen LogP contribution < -0.4 is 0 Å². The Hall–Kier alpha value is -0.443. The molecule has 0 N–H and O–H groups in total. The van der Waals surface area contributed by atoms with E-state index in [4.69, 9.17) is 4.43 Å². The van der Waals surface area contributed by atoms with Crippen LogP contribution in [0.4, 0.5) is 0 Å². The van der Waals surface area contributed by atoms with Gasteiger partial charge in [-0.2, -0.15) is 0 Å². The van der Waals surface area contributed by atoms with Crippen molar-refractivity contribution < 1.29 is 9.22 Å². The first-order chi connectivity index (χ1) is 5.98. The van der Waals surface area contributed by atoms with E-state index >= 15 is 0 Å². The molecule has 0 aromatic rings. The summed E-state index contributed by atoms with van der Waals surface area (Å²) in [4.78, 5) is 13.3. The molecule has 76 valence electrons. The molecule has 0 rings (SSSR count). The Bertz CT molecular complexity index is 186. The van der Waals surface area contributed by atoms with Crippen molar-refractivity contribution in [2.75, 3.05) is 6.54 Å². The molecule has 0 amide bonds. The number of carbonyl (C=O) groups excluding carboxylic acids is 1. The molecule has 4 heteroatoms. The standard InChI is InChI=1S/C9H19NO2Si/c1-9(2)12-13(3,4)7-5-6-10-8-11/h9H,5-7H2,1-4H3. The lowest BCUT2D eigenvalue weighted by atomic mass is 10.5. The fourth-order valence-electron chi connectivity index (χ4n) is 1.33. The maximum atomic E-state index is 9.80. The van der Waals surface area contributed by atoms with Crippen LogP contribution in [0.5, 0.6) is 0 Å². The molecule has 0 bridgehead atoms. The Labute approximate surface area is 81.3 Å². The van der Waals surface area contributed by atoms with E-state index in [-0.39, 0.29) is 0 Å². The number of aliphatic imine (C=N–C) groups is 1. The molecule has 0 aromatic carbocycles. The maximum Gasteiger partial charge on any atom is 0.234 e. The van der Waals surface area contributed by atoms with Crippen LogP contribution in [0.3, 0.4) is 0 Å². The van der Waals surface area contributed by atoms with Crippen LogP contribution in [-0.2, 0) is 9.22 Å². The molecule has 3 nitrogen and oxygen atoms in total. The van der Waals surface area contributed by atoms with Crippen molar-refractivity contribution in [3.63, 3.8) is 0 Å². The molecule has 0 unspecified atom stereocenters. The zero-order chi connectivity index (χ0) is 10.3. The van der Waals surface area contributed by atoms with E-state index in [0.717, 1.165) is 12.5 Å². The second-order valence-corrected chi connectivity index (χ2v) is 8.26. The first-order valence-corrected chi connectivity index (χ1v) is 7.81. The quantitative estimate of drug-likeness (QED) is 0.286. The molecule has 0 spiro atoms. The van der Waals surface area contributed by atoms with Gasteiger partial charge in [0.15, 0.2) is 8.32 Å². The third-order valence-corrected chi connectivity index (χ3v) is 4.34. The van der Waals surface area contributed by atoms with Crippen molar-refractivity contribution in [3.8, 4) is 0 Å². The van der Waals surface area contributed by atoms with Crippen molar-refractivity contribution in [1.82, 2.24) is 0 Å². The van der Waals surface area contributed by atoms with Crippen LogP contribution in [0, 0.1) is 0 Å². The number of isocyanates is 1. The van der Waals surface area contributed by atoms with Crippen molar-refractivity contribution >= 4 is 14.4 Å². The summed E-state index contributed by atoms with van der Waals surface area (Å²) in [5.74, 6) is 0. The molecule has 0 aliphatic rings. The fraction of sp³-hybridized carbons (Fsp3) is 0.889. The van der Waals surface area contributed by atoms with Gasteiger partial charge in [-0.25, -0.2) is 9.79 Å². The zero-order valence-corrected chi connectivity index (χ0v) is 9.96. The Balaban J connectivity index is 3.68. The van der Waals surface area contributed by atoms with E-state index in [2.05, 4.69) is 31.9 Å². The van der Waals surface area contributed by atoms with E-state index in [0.29, 0.717) is 12.6 Å². The predicted octanol–water partition coefficient (Wildman–Crippen LogP) is 2.34. The van der Waals surface area contributed by atoms with Gasteiger partial charge in [0.2, 0.25) is 6.08 Å². The molecular formula is C9H19NO2Si. The lowest BCUT2D eigenvalue weighted by molar-refractivity contribution is 0.231. The van der Waals surface area contributed by atoms with E-state index in [1.807, 2.05) is 0 Å². The zero-order valence-electron chi connectivity index (χ0n) is 8.96. The smallest absolute Gasteiger partial charge is 0.234 e. The largest absolute Gasteiger partial charge is 0.415 e. The second kappa shape index (κ2) is 6.08. The van der Waals surface area contributed by atoms with Gasteiger partial charge in [-0.3, -0.25) is 0 Å². The summed E-state index contributed by atoms with van der Waals surface area (Å²) in [5, 5.41) is 0. The van der Waals surface area contributed by atoms with Crippen LogP contribution in [0.25, 0.3) is 0 Å².